The van der Waals surface area contributed by atoms with Crippen molar-refractivity contribution in [2.45, 2.75) is 24.8 Å². The Morgan fingerprint density at radius 3 is 2.72 bits per heavy atom. The van der Waals surface area contributed by atoms with Gasteiger partial charge in [-0.05, 0) is 36.1 Å². The van der Waals surface area contributed by atoms with Crippen molar-refractivity contribution in [2.75, 3.05) is 19.6 Å². The maximum atomic E-state index is 12.7. The number of primary sulfonamides is 1. The van der Waals surface area contributed by atoms with Gasteiger partial charge in [-0.3, -0.25) is 9.69 Å². The second-order valence-corrected chi connectivity index (χ2v) is 9.42. The zero-order valence-electron chi connectivity index (χ0n) is 16.1. The van der Waals surface area contributed by atoms with E-state index in [2.05, 4.69) is 22.3 Å². The first-order valence-corrected chi connectivity index (χ1v) is 11.4. The van der Waals surface area contributed by atoms with Crippen molar-refractivity contribution in [3.8, 4) is 5.75 Å². The van der Waals surface area contributed by atoms with E-state index in [4.69, 9.17) is 9.88 Å². The molecular formula is C21H25N3O4S. The van der Waals surface area contributed by atoms with Crippen molar-refractivity contribution < 1.29 is 17.9 Å². The minimum Gasteiger partial charge on any atom is -0.472 e. The number of sulfonamides is 1. The highest BCUT2D eigenvalue weighted by Crippen LogP contribution is 2.33. The summed E-state index contributed by atoms with van der Waals surface area (Å²) < 4.78 is 28.7. The molecule has 2 aliphatic rings. The molecule has 4 rings (SSSR count). The molecule has 2 aliphatic heterocycles. The Balaban J connectivity index is 1.33. The first-order valence-electron chi connectivity index (χ1n) is 9.75. The fraction of sp³-hybridized carbons (Fsp3) is 0.381. The van der Waals surface area contributed by atoms with Crippen LogP contribution in [0.1, 0.15) is 27.9 Å². The number of hydrogen-bond acceptors (Lipinski definition) is 5. The summed E-state index contributed by atoms with van der Waals surface area (Å²) >= 11 is 0. The topological polar surface area (TPSA) is 102 Å². The lowest BCUT2D eigenvalue weighted by Gasteiger charge is -2.17. The first kappa shape index (κ1) is 19.9. The molecule has 2 heterocycles. The number of nitrogens with two attached hydrogens (primary N) is 1. The molecular weight excluding hydrogens is 390 g/mol. The Hall–Kier alpha value is -2.42. The van der Waals surface area contributed by atoms with Gasteiger partial charge in [0.05, 0.1) is 5.56 Å². The largest absolute Gasteiger partial charge is 0.472 e. The highest BCUT2D eigenvalue weighted by molar-refractivity contribution is 7.89. The number of carbonyl (C=O) groups is 1. The molecule has 0 radical (unpaired) electrons. The molecule has 1 fully saturated rings. The number of carbonyl (C=O) groups excluding carboxylic acids is 1. The van der Waals surface area contributed by atoms with Crippen LogP contribution in [0.4, 0.5) is 0 Å². The van der Waals surface area contributed by atoms with Crippen molar-refractivity contribution in [3.63, 3.8) is 0 Å². The van der Waals surface area contributed by atoms with Crippen LogP contribution in [0.25, 0.3) is 0 Å². The molecule has 2 unspecified atom stereocenters. The number of nitrogens with zero attached hydrogens (tertiary/aromatic N) is 1. The van der Waals surface area contributed by atoms with Gasteiger partial charge in [-0.25, -0.2) is 13.6 Å². The van der Waals surface area contributed by atoms with Gasteiger partial charge in [-0.1, -0.05) is 42.5 Å². The van der Waals surface area contributed by atoms with E-state index >= 15 is 0 Å². The van der Waals surface area contributed by atoms with E-state index < -0.39 is 15.5 Å². The van der Waals surface area contributed by atoms with Gasteiger partial charge in [-0.2, -0.15) is 0 Å². The molecule has 2 aromatic carbocycles. The van der Waals surface area contributed by atoms with Crippen molar-refractivity contribution in [1.82, 2.24) is 10.2 Å². The predicted molar refractivity (Wildman–Crippen MR) is 110 cm³/mol. The number of para-hydroxylation sites is 1. The van der Waals surface area contributed by atoms with Gasteiger partial charge < -0.3 is 10.1 Å². The number of ether oxygens (including phenoxy) is 1. The van der Waals surface area contributed by atoms with E-state index in [-0.39, 0.29) is 12.3 Å². The second kappa shape index (κ2) is 8.14. The fourth-order valence-corrected chi connectivity index (χ4v) is 4.64. The molecule has 2 aromatic rings. The third-order valence-corrected chi connectivity index (χ3v) is 6.51. The fourth-order valence-electron chi connectivity index (χ4n) is 4.00. The highest BCUT2D eigenvalue weighted by Gasteiger charge is 2.34. The molecule has 0 bridgehead atoms. The van der Waals surface area contributed by atoms with Gasteiger partial charge in [0.15, 0.2) is 0 Å². The Morgan fingerprint density at radius 2 is 1.97 bits per heavy atom. The van der Waals surface area contributed by atoms with Gasteiger partial charge in [0.1, 0.15) is 5.75 Å². The smallest absolute Gasteiger partial charge is 0.255 e. The maximum Gasteiger partial charge on any atom is 0.255 e. The van der Waals surface area contributed by atoms with Crippen LogP contribution in [-0.2, 0) is 23.0 Å². The summed E-state index contributed by atoms with van der Waals surface area (Å²) in [5.41, 5.74) is 1.20. The average molecular weight is 416 g/mol. The lowest BCUT2D eigenvalue weighted by molar-refractivity contribution is 0.0943. The zero-order chi connectivity index (χ0) is 20.4. The van der Waals surface area contributed by atoms with Crippen molar-refractivity contribution in [1.29, 1.82) is 0 Å². The second-order valence-electron chi connectivity index (χ2n) is 7.72. The Morgan fingerprint density at radius 1 is 1.17 bits per heavy atom. The average Bonchev–Trinajstić information content (AvgIpc) is 3.33. The number of rotatable bonds is 6. The number of amides is 1. The summed E-state index contributed by atoms with van der Waals surface area (Å²) in [7, 11) is -3.83. The maximum absolute atomic E-state index is 12.7. The third kappa shape index (κ3) is 4.60. The van der Waals surface area contributed by atoms with Crippen LogP contribution in [-0.4, -0.2) is 44.3 Å². The normalized spacial score (nSPS) is 21.6. The van der Waals surface area contributed by atoms with E-state index in [1.165, 1.54) is 5.56 Å². The lowest BCUT2D eigenvalue weighted by atomic mass is 10.1. The molecule has 0 aliphatic carbocycles. The Bertz CT molecular complexity index is 994. The predicted octanol–water partition coefficient (Wildman–Crippen LogP) is 1.49. The third-order valence-electron chi connectivity index (χ3n) is 5.51. The van der Waals surface area contributed by atoms with Crippen LogP contribution >= 0.6 is 0 Å². The summed E-state index contributed by atoms with van der Waals surface area (Å²) in [5, 5.41) is 8.18. The summed E-state index contributed by atoms with van der Waals surface area (Å²) in [6.07, 6.45) is 1.19. The van der Waals surface area contributed by atoms with Crippen LogP contribution in [0, 0.1) is 5.92 Å². The van der Waals surface area contributed by atoms with Gasteiger partial charge >= 0.3 is 0 Å². The number of nitrogens with one attached hydrogen (secondary N) is 1. The van der Waals surface area contributed by atoms with E-state index in [0.717, 1.165) is 26.1 Å². The lowest BCUT2D eigenvalue weighted by Crippen LogP contribution is -2.33. The number of fused-ring (bicyclic) bond motifs is 1. The van der Waals surface area contributed by atoms with Crippen LogP contribution in [0.5, 0.6) is 5.75 Å². The molecule has 8 heteroatoms. The summed E-state index contributed by atoms with van der Waals surface area (Å²) in [6, 6.07) is 15.5. The molecule has 29 heavy (non-hydrogen) atoms. The minimum atomic E-state index is -3.83. The number of likely N-dealkylation sites (tertiary alicyclic amines) is 1. The molecule has 0 spiro atoms. The summed E-state index contributed by atoms with van der Waals surface area (Å²) in [6.45, 7) is 3.44. The first-order chi connectivity index (χ1) is 13.9. The minimum absolute atomic E-state index is 0.159. The van der Waals surface area contributed by atoms with Crippen molar-refractivity contribution in [2.24, 2.45) is 11.1 Å². The Labute approximate surface area is 170 Å². The van der Waals surface area contributed by atoms with E-state index in [1.54, 1.807) is 18.2 Å². The van der Waals surface area contributed by atoms with Crippen molar-refractivity contribution in [3.05, 3.63) is 65.2 Å². The van der Waals surface area contributed by atoms with Gasteiger partial charge in [-0.15, -0.1) is 0 Å². The molecule has 7 nitrogen and oxygen atoms in total. The van der Waals surface area contributed by atoms with Crippen molar-refractivity contribution >= 4 is 15.9 Å². The van der Waals surface area contributed by atoms with Gasteiger partial charge in [0, 0.05) is 26.1 Å². The summed E-state index contributed by atoms with van der Waals surface area (Å²) in [4.78, 5) is 15.1. The zero-order valence-corrected chi connectivity index (χ0v) is 16.9. The van der Waals surface area contributed by atoms with E-state index in [0.29, 0.717) is 29.3 Å². The summed E-state index contributed by atoms with van der Waals surface area (Å²) in [5.74, 6) is 0.456. The standard InChI is InChI=1S/C21H25N3O4S/c22-29(26,27)19-11-17-7-4-8-18(20(17)28-19)21(25)23-12-16-9-10-24(14-16)13-15-5-2-1-3-6-15/h1-8,16,19H,9-14H2,(H,23,25)(H2,22,26,27). The van der Waals surface area contributed by atoms with Crippen LogP contribution in [0.2, 0.25) is 0 Å². The molecule has 3 N–H and O–H groups in total. The van der Waals surface area contributed by atoms with Crippen LogP contribution in [0.15, 0.2) is 48.5 Å². The number of hydrogen-bond donors (Lipinski definition) is 2. The quantitative estimate of drug-likeness (QED) is 0.744. The molecule has 1 saturated heterocycles. The Kier molecular flexibility index (Phi) is 5.58. The highest BCUT2D eigenvalue weighted by atomic mass is 32.2. The molecule has 1 amide bonds. The van der Waals surface area contributed by atoms with Gasteiger partial charge in [0.25, 0.3) is 5.91 Å². The van der Waals surface area contributed by atoms with E-state index in [1.807, 2.05) is 18.2 Å². The van der Waals surface area contributed by atoms with Crippen LogP contribution in [0.3, 0.4) is 0 Å². The number of benzene rings is 2. The molecule has 154 valence electrons. The SMILES string of the molecule is NS(=O)(=O)C1Cc2cccc(C(=O)NCC3CCN(Cc4ccccc4)C3)c2O1. The monoisotopic (exact) mass is 415 g/mol. The van der Waals surface area contributed by atoms with Crippen LogP contribution < -0.4 is 15.2 Å². The molecule has 2 atom stereocenters. The van der Waals surface area contributed by atoms with Gasteiger partial charge in [0.2, 0.25) is 15.5 Å². The molecule has 0 saturated carbocycles. The molecule has 0 aromatic heterocycles. The van der Waals surface area contributed by atoms with E-state index in [9.17, 15) is 13.2 Å².